The molecule has 1 aliphatic heterocycles. The molecule has 1 fully saturated rings. The summed E-state index contributed by atoms with van der Waals surface area (Å²) in [6, 6.07) is -0.860. The van der Waals surface area contributed by atoms with Crippen LogP contribution in [0, 0.1) is 0 Å². The Labute approximate surface area is 318 Å². The summed E-state index contributed by atoms with van der Waals surface area (Å²) in [7, 11) is 0. The van der Waals surface area contributed by atoms with Crippen molar-refractivity contribution in [2.24, 2.45) is 0 Å². The van der Waals surface area contributed by atoms with Gasteiger partial charge < -0.3 is 40.3 Å². The van der Waals surface area contributed by atoms with Crippen molar-refractivity contribution in [3.8, 4) is 0 Å². The SMILES string of the molecule is [2H]C([2H])([2H])C([2H])([2H])CCCCCCCCCCC/C=C/[C@@H](O)[C@H](CO[C@@H]1O[C@H](CO)[C@@H](O)[C@H](O)[C@H]1O)NC(=O)CCCCCCC/C=C\CCCCCCCC. The molecule has 6 N–H and O–H groups in total. The van der Waals surface area contributed by atoms with Gasteiger partial charge in [-0.25, -0.2) is 0 Å². The molecule has 0 unspecified atom stereocenters. The van der Waals surface area contributed by atoms with E-state index in [0.29, 0.717) is 12.8 Å². The summed E-state index contributed by atoms with van der Waals surface area (Å²) in [5.41, 5.74) is 0. The van der Waals surface area contributed by atoms with E-state index in [1.54, 1.807) is 6.08 Å². The summed E-state index contributed by atoms with van der Waals surface area (Å²) < 4.78 is 48.4. The predicted molar refractivity (Wildman–Crippen MR) is 207 cm³/mol. The van der Waals surface area contributed by atoms with Crippen LogP contribution in [0.5, 0.6) is 0 Å². The number of hydrogen-bond acceptors (Lipinski definition) is 8. The average molecular weight is 731 g/mol. The van der Waals surface area contributed by atoms with Gasteiger partial charge in [0.15, 0.2) is 6.29 Å². The summed E-state index contributed by atoms with van der Waals surface area (Å²) in [5, 5.41) is 54.0. The second-order valence-corrected chi connectivity index (χ2v) is 14.4. The van der Waals surface area contributed by atoms with Crippen molar-refractivity contribution in [2.75, 3.05) is 13.2 Å². The van der Waals surface area contributed by atoms with Crippen LogP contribution in [-0.4, -0.2) is 87.5 Å². The molecule has 1 aliphatic rings. The highest BCUT2D eigenvalue weighted by Gasteiger charge is 2.44. The van der Waals surface area contributed by atoms with E-state index in [9.17, 15) is 30.3 Å². The van der Waals surface area contributed by atoms with Crippen LogP contribution in [0.1, 0.15) is 188 Å². The molecule has 300 valence electrons. The molecular weight excluding hydrogens is 646 g/mol. The molecule has 51 heavy (non-hydrogen) atoms. The number of amides is 1. The molecule has 0 radical (unpaired) electrons. The van der Waals surface area contributed by atoms with Crippen LogP contribution in [0.3, 0.4) is 0 Å². The fourth-order valence-corrected chi connectivity index (χ4v) is 6.35. The van der Waals surface area contributed by atoms with Crippen molar-refractivity contribution in [1.29, 1.82) is 0 Å². The standard InChI is InChI=1S/C42H79NO8/c1-3-5-7-9-11-13-15-17-18-20-22-24-26-28-30-32-38(46)43-35(34-50-42-41(49)40(48)39(47)37(33-44)51-42)36(45)31-29-27-25-23-21-19-16-14-12-10-8-6-4-2/h17-18,29,31,35-37,39-42,44-45,47-49H,3-16,19-28,30,32-34H2,1-2H3,(H,43,46)/b18-17-,31-29+/t35-,36+,37+,39+,40-,41+,42+/m0/s1/i2D3,4D2. The predicted octanol–water partition coefficient (Wildman–Crippen LogP) is 7.94. The normalized spacial score (nSPS) is 24.2. The van der Waals surface area contributed by atoms with Gasteiger partial charge in [-0.2, -0.15) is 0 Å². The van der Waals surface area contributed by atoms with Gasteiger partial charge >= 0.3 is 0 Å². The lowest BCUT2D eigenvalue weighted by molar-refractivity contribution is -0.302. The topological polar surface area (TPSA) is 149 Å². The maximum atomic E-state index is 12.9. The molecule has 1 rings (SSSR count). The second-order valence-electron chi connectivity index (χ2n) is 14.4. The molecule has 0 saturated carbocycles. The first-order valence-corrected chi connectivity index (χ1v) is 20.5. The average Bonchev–Trinajstić information content (AvgIpc) is 3.15. The largest absolute Gasteiger partial charge is 0.394 e. The first kappa shape index (κ1) is 39.4. The summed E-state index contributed by atoms with van der Waals surface area (Å²) >= 11 is 0. The van der Waals surface area contributed by atoms with Crippen molar-refractivity contribution >= 4 is 5.91 Å². The van der Waals surface area contributed by atoms with Crippen molar-refractivity contribution in [3.63, 3.8) is 0 Å². The third-order valence-electron chi connectivity index (χ3n) is 9.72. The highest BCUT2D eigenvalue weighted by Crippen LogP contribution is 2.22. The molecule has 0 aromatic rings. The van der Waals surface area contributed by atoms with Gasteiger partial charge in [0.25, 0.3) is 0 Å². The molecule has 1 amide bonds. The number of unbranched alkanes of at least 4 members (excludes halogenated alkanes) is 20. The van der Waals surface area contributed by atoms with Gasteiger partial charge in [-0.1, -0.05) is 154 Å². The fraction of sp³-hybridized carbons (Fsp3) is 0.881. The third kappa shape index (κ3) is 24.6. The molecule has 0 aromatic carbocycles. The maximum absolute atomic E-state index is 12.9. The van der Waals surface area contributed by atoms with Crippen molar-refractivity contribution in [2.45, 2.75) is 224 Å². The maximum Gasteiger partial charge on any atom is 0.220 e. The Bertz CT molecular complexity index is 1030. The van der Waals surface area contributed by atoms with Crippen molar-refractivity contribution in [3.05, 3.63) is 24.3 Å². The Kier molecular flexibility index (Phi) is 25.7. The van der Waals surface area contributed by atoms with Crippen LogP contribution in [0.25, 0.3) is 0 Å². The van der Waals surface area contributed by atoms with Crippen LogP contribution in [0.4, 0.5) is 0 Å². The lowest BCUT2D eigenvalue weighted by Crippen LogP contribution is -2.60. The minimum atomic E-state index is -2.58. The zero-order valence-electron chi connectivity index (χ0n) is 36.9. The molecule has 9 nitrogen and oxygen atoms in total. The quantitative estimate of drug-likeness (QED) is 0.0289. The van der Waals surface area contributed by atoms with Crippen LogP contribution < -0.4 is 5.32 Å². The van der Waals surface area contributed by atoms with E-state index in [1.807, 2.05) is 6.08 Å². The number of aliphatic hydroxyl groups is 5. The number of carbonyl (C=O) groups excluding carboxylic acids is 1. The van der Waals surface area contributed by atoms with E-state index < -0.39 is 62.7 Å². The third-order valence-corrected chi connectivity index (χ3v) is 9.72. The number of carbonyl (C=O) groups is 1. The van der Waals surface area contributed by atoms with Gasteiger partial charge in [0, 0.05) is 13.3 Å². The molecule has 0 aliphatic carbocycles. The molecular formula is C42H79NO8. The van der Waals surface area contributed by atoms with Crippen LogP contribution >= 0.6 is 0 Å². The van der Waals surface area contributed by atoms with Gasteiger partial charge in [0.05, 0.1) is 25.4 Å². The Morgan fingerprint density at radius 2 is 1.25 bits per heavy atom. The Morgan fingerprint density at radius 1 is 0.745 bits per heavy atom. The Balaban J connectivity index is 2.42. The van der Waals surface area contributed by atoms with Crippen molar-refractivity contribution < 1.29 is 46.7 Å². The highest BCUT2D eigenvalue weighted by atomic mass is 16.7. The number of ether oxygens (including phenoxy) is 2. The molecule has 1 saturated heterocycles. The number of nitrogens with one attached hydrogen (secondary N) is 1. The van der Waals surface area contributed by atoms with Gasteiger partial charge in [0.1, 0.15) is 24.4 Å². The van der Waals surface area contributed by atoms with E-state index in [-0.39, 0.29) is 18.9 Å². The first-order chi connectivity index (χ1) is 26.7. The van der Waals surface area contributed by atoms with Crippen molar-refractivity contribution in [1.82, 2.24) is 5.32 Å². The van der Waals surface area contributed by atoms with E-state index in [4.69, 9.17) is 16.3 Å². The monoisotopic (exact) mass is 731 g/mol. The minimum absolute atomic E-state index is 0.0577. The number of rotatable bonds is 34. The lowest BCUT2D eigenvalue weighted by atomic mass is 9.99. The van der Waals surface area contributed by atoms with E-state index in [1.165, 1.54) is 38.5 Å². The number of aliphatic hydroxyl groups excluding tert-OH is 5. The second kappa shape index (κ2) is 33.3. The highest BCUT2D eigenvalue weighted by molar-refractivity contribution is 5.76. The van der Waals surface area contributed by atoms with Crippen LogP contribution in [0.2, 0.25) is 0 Å². The fourth-order valence-electron chi connectivity index (χ4n) is 6.35. The van der Waals surface area contributed by atoms with Gasteiger partial charge in [-0.05, 0) is 44.9 Å². The number of allylic oxidation sites excluding steroid dienone is 3. The Morgan fingerprint density at radius 3 is 1.80 bits per heavy atom. The van der Waals surface area contributed by atoms with E-state index >= 15 is 0 Å². The molecule has 0 spiro atoms. The molecule has 0 aromatic heterocycles. The summed E-state index contributed by atoms with van der Waals surface area (Å²) in [4.78, 5) is 12.9. The van der Waals surface area contributed by atoms with Gasteiger partial charge in [-0.3, -0.25) is 4.79 Å². The smallest absolute Gasteiger partial charge is 0.220 e. The zero-order valence-corrected chi connectivity index (χ0v) is 31.9. The zero-order chi connectivity index (χ0) is 41.7. The summed E-state index contributed by atoms with van der Waals surface area (Å²) in [6.07, 6.45) is 22.4. The van der Waals surface area contributed by atoms with E-state index in [0.717, 1.165) is 103 Å². The summed E-state index contributed by atoms with van der Waals surface area (Å²) in [6.45, 7) is -1.17. The molecule has 9 heteroatoms. The minimum Gasteiger partial charge on any atom is -0.394 e. The molecule has 1 heterocycles. The van der Waals surface area contributed by atoms with Crippen LogP contribution in [-0.2, 0) is 14.3 Å². The number of hydrogen-bond donors (Lipinski definition) is 6. The molecule has 0 bridgehead atoms. The molecule has 7 atom stereocenters. The Hall–Kier alpha value is -1.33. The first-order valence-electron chi connectivity index (χ1n) is 23.0. The van der Waals surface area contributed by atoms with Gasteiger partial charge in [0.2, 0.25) is 5.91 Å². The lowest BCUT2D eigenvalue weighted by Gasteiger charge is -2.40. The van der Waals surface area contributed by atoms with Crippen LogP contribution in [0.15, 0.2) is 24.3 Å². The van der Waals surface area contributed by atoms with E-state index in [2.05, 4.69) is 24.4 Å². The van der Waals surface area contributed by atoms with Gasteiger partial charge in [-0.15, -0.1) is 0 Å². The summed E-state index contributed by atoms with van der Waals surface area (Å²) in [5.74, 6) is -0.228.